The van der Waals surface area contributed by atoms with Crippen molar-refractivity contribution in [1.29, 1.82) is 0 Å². The Bertz CT molecular complexity index is 146. The smallest absolute Gasteiger partial charge is 0.407 e. The van der Waals surface area contributed by atoms with E-state index in [-0.39, 0.29) is 6.09 Å². The molecule has 0 unspecified atom stereocenters. The van der Waals surface area contributed by atoms with Gasteiger partial charge in [0.05, 0.1) is 6.61 Å². The predicted octanol–water partition coefficient (Wildman–Crippen LogP) is 0.484. The van der Waals surface area contributed by atoms with Gasteiger partial charge in [-0.1, -0.05) is 0 Å². The maximum atomic E-state index is 10.7. The van der Waals surface area contributed by atoms with Crippen molar-refractivity contribution in [3.8, 4) is 0 Å². The Morgan fingerprint density at radius 3 is 2.83 bits per heavy atom. The number of hydrogen-bond acceptors (Lipinski definition) is 3. The van der Waals surface area contributed by atoms with Gasteiger partial charge in [-0.05, 0) is 19.8 Å². The molecule has 0 heterocycles. The lowest BCUT2D eigenvalue weighted by Crippen LogP contribution is -2.32. The third-order valence-electron chi connectivity index (χ3n) is 1.68. The van der Waals surface area contributed by atoms with Gasteiger partial charge in [0.25, 0.3) is 0 Å². The van der Waals surface area contributed by atoms with Crippen molar-refractivity contribution in [2.45, 2.75) is 25.8 Å². The van der Waals surface area contributed by atoms with Crippen LogP contribution in [0, 0.1) is 0 Å². The highest BCUT2D eigenvalue weighted by molar-refractivity contribution is 5.66. The number of ether oxygens (including phenoxy) is 1. The second-order valence-corrected chi connectivity index (χ2v) is 2.88. The molecule has 0 aromatic heterocycles. The van der Waals surface area contributed by atoms with E-state index in [1.165, 1.54) is 12.8 Å². The molecule has 70 valence electrons. The Labute approximate surface area is 72.7 Å². The van der Waals surface area contributed by atoms with Crippen molar-refractivity contribution < 1.29 is 9.53 Å². The Hall–Kier alpha value is -0.770. The van der Waals surface area contributed by atoms with Crippen LogP contribution < -0.4 is 10.6 Å². The fourth-order valence-corrected chi connectivity index (χ4v) is 0.910. The summed E-state index contributed by atoms with van der Waals surface area (Å²) < 4.78 is 4.69. The van der Waals surface area contributed by atoms with Crippen LogP contribution >= 0.6 is 0 Å². The van der Waals surface area contributed by atoms with E-state index in [0.29, 0.717) is 19.2 Å². The third kappa shape index (κ3) is 4.18. The largest absolute Gasteiger partial charge is 0.450 e. The minimum atomic E-state index is -0.324. The first-order chi connectivity index (χ1) is 5.83. The maximum absolute atomic E-state index is 10.7. The molecule has 1 rings (SSSR count). The summed E-state index contributed by atoms with van der Waals surface area (Å²) >= 11 is 0. The van der Waals surface area contributed by atoms with Gasteiger partial charge in [-0.2, -0.15) is 0 Å². The molecule has 1 amide bonds. The average Bonchev–Trinajstić information content (AvgIpc) is 2.82. The Morgan fingerprint density at radius 2 is 2.25 bits per heavy atom. The van der Waals surface area contributed by atoms with Crippen LogP contribution in [0.25, 0.3) is 0 Å². The van der Waals surface area contributed by atoms with Crippen LogP contribution in [0.1, 0.15) is 19.8 Å². The summed E-state index contributed by atoms with van der Waals surface area (Å²) in [6.07, 6.45) is 2.23. The second kappa shape index (κ2) is 4.98. The van der Waals surface area contributed by atoms with Crippen molar-refractivity contribution in [3.05, 3.63) is 0 Å². The van der Waals surface area contributed by atoms with E-state index in [2.05, 4.69) is 15.4 Å². The van der Waals surface area contributed by atoms with Gasteiger partial charge in [0.1, 0.15) is 0 Å². The lowest BCUT2D eigenvalue weighted by Gasteiger charge is -2.05. The van der Waals surface area contributed by atoms with Crippen LogP contribution in [0.3, 0.4) is 0 Å². The summed E-state index contributed by atoms with van der Waals surface area (Å²) in [6, 6.07) is 0.703. The molecule has 0 saturated heterocycles. The van der Waals surface area contributed by atoms with E-state index in [1.54, 1.807) is 6.92 Å². The van der Waals surface area contributed by atoms with Gasteiger partial charge in [-0.25, -0.2) is 4.79 Å². The molecule has 4 nitrogen and oxygen atoms in total. The third-order valence-corrected chi connectivity index (χ3v) is 1.68. The quantitative estimate of drug-likeness (QED) is 0.593. The topological polar surface area (TPSA) is 50.4 Å². The van der Waals surface area contributed by atoms with Crippen LogP contribution in [-0.4, -0.2) is 31.8 Å². The lowest BCUT2D eigenvalue weighted by molar-refractivity contribution is 0.152. The highest BCUT2D eigenvalue weighted by atomic mass is 16.5. The summed E-state index contributed by atoms with van der Waals surface area (Å²) in [7, 11) is 0. The molecule has 1 aliphatic carbocycles. The second-order valence-electron chi connectivity index (χ2n) is 2.88. The number of hydrogen-bond donors (Lipinski definition) is 2. The molecule has 0 aliphatic heterocycles. The Balaban J connectivity index is 1.83. The lowest BCUT2D eigenvalue weighted by atomic mass is 10.6. The van der Waals surface area contributed by atoms with Gasteiger partial charge in [0, 0.05) is 19.1 Å². The molecule has 0 aromatic rings. The standard InChI is InChI=1S/C8H16N2O2/c1-2-12-8(11)10-6-5-9-7-3-4-7/h7,9H,2-6H2,1H3,(H,10,11). The van der Waals surface area contributed by atoms with Gasteiger partial charge in [-0.3, -0.25) is 0 Å². The molecule has 0 radical (unpaired) electrons. The number of nitrogens with one attached hydrogen (secondary N) is 2. The molecule has 0 bridgehead atoms. The first kappa shape index (κ1) is 9.32. The molecule has 0 atom stereocenters. The van der Waals surface area contributed by atoms with Crippen LogP contribution in [0.5, 0.6) is 0 Å². The maximum Gasteiger partial charge on any atom is 0.407 e. The van der Waals surface area contributed by atoms with E-state index in [4.69, 9.17) is 0 Å². The summed E-state index contributed by atoms with van der Waals surface area (Å²) in [5.74, 6) is 0. The minimum Gasteiger partial charge on any atom is -0.450 e. The zero-order valence-electron chi connectivity index (χ0n) is 7.43. The molecular formula is C8H16N2O2. The summed E-state index contributed by atoms with van der Waals surface area (Å²) in [6.45, 7) is 3.71. The molecule has 2 N–H and O–H groups in total. The van der Waals surface area contributed by atoms with Gasteiger partial charge in [-0.15, -0.1) is 0 Å². The van der Waals surface area contributed by atoms with Gasteiger partial charge < -0.3 is 15.4 Å². The number of rotatable bonds is 5. The molecule has 4 heteroatoms. The molecular weight excluding hydrogens is 156 g/mol. The zero-order valence-corrected chi connectivity index (χ0v) is 7.43. The van der Waals surface area contributed by atoms with Crippen LogP contribution in [0.2, 0.25) is 0 Å². The first-order valence-corrected chi connectivity index (χ1v) is 4.47. The van der Waals surface area contributed by atoms with Crippen LogP contribution in [0.4, 0.5) is 4.79 Å². The normalized spacial score (nSPS) is 15.8. The van der Waals surface area contributed by atoms with Crippen molar-refractivity contribution >= 4 is 6.09 Å². The minimum absolute atomic E-state index is 0.324. The van der Waals surface area contributed by atoms with E-state index >= 15 is 0 Å². The number of carbonyl (C=O) groups excluding carboxylic acids is 1. The highest BCUT2D eigenvalue weighted by Crippen LogP contribution is 2.17. The van der Waals surface area contributed by atoms with Crippen LogP contribution in [0.15, 0.2) is 0 Å². The van der Waals surface area contributed by atoms with Crippen molar-refractivity contribution in [1.82, 2.24) is 10.6 Å². The molecule has 12 heavy (non-hydrogen) atoms. The van der Waals surface area contributed by atoms with Crippen LogP contribution in [-0.2, 0) is 4.74 Å². The van der Waals surface area contributed by atoms with Gasteiger partial charge in [0.2, 0.25) is 0 Å². The van der Waals surface area contributed by atoms with E-state index in [1.807, 2.05) is 0 Å². The monoisotopic (exact) mass is 172 g/mol. The van der Waals surface area contributed by atoms with E-state index in [0.717, 1.165) is 6.54 Å². The Kier molecular flexibility index (Phi) is 3.87. The molecule has 0 aromatic carbocycles. The fraction of sp³-hybridized carbons (Fsp3) is 0.875. The fourth-order valence-electron chi connectivity index (χ4n) is 0.910. The summed E-state index contributed by atoms with van der Waals surface area (Å²) in [5, 5.41) is 5.93. The summed E-state index contributed by atoms with van der Waals surface area (Å²) in [5.41, 5.74) is 0. The SMILES string of the molecule is CCOC(=O)NCCNC1CC1. The average molecular weight is 172 g/mol. The zero-order chi connectivity index (χ0) is 8.81. The van der Waals surface area contributed by atoms with E-state index < -0.39 is 0 Å². The number of alkyl carbamates (subject to hydrolysis) is 1. The molecule has 1 saturated carbocycles. The van der Waals surface area contributed by atoms with Crippen molar-refractivity contribution in [3.63, 3.8) is 0 Å². The molecule has 0 spiro atoms. The highest BCUT2D eigenvalue weighted by Gasteiger charge is 2.19. The van der Waals surface area contributed by atoms with Crippen molar-refractivity contribution in [2.24, 2.45) is 0 Å². The summed E-state index contributed by atoms with van der Waals surface area (Å²) in [4.78, 5) is 10.7. The number of carbonyl (C=O) groups is 1. The first-order valence-electron chi connectivity index (χ1n) is 4.47. The Morgan fingerprint density at radius 1 is 1.50 bits per heavy atom. The van der Waals surface area contributed by atoms with Gasteiger partial charge in [0.15, 0.2) is 0 Å². The molecule has 1 aliphatic rings. The van der Waals surface area contributed by atoms with Gasteiger partial charge >= 0.3 is 6.09 Å². The van der Waals surface area contributed by atoms with Crippen molar-refractivity contribution in [2.75, 3.05) is 19.7 Å². The predicted molar refractivity (Wildman–Crippen MR) is 46.0 cm³/mol. The molecule has 1 fully saturated rings. The van der Waals surface area contributed by atoms with E-state index in [9.17, 15) is 4.79 Å². The number of amides is 1.